The highest BCUT2D eigenvalue weighted by atomic mass is 35.5. The Morgan fingerprint density at radius 3 is 2.75 bits per heavy atom. The number of hydrogen-bond donors (Lipinski definition) is 1. The zero-order valence-corrected chi connectivity index (χ0v) is 9.36. The SMILES string of the molecule is Cc1ccc(N2CC(C(=O)O)C2=O)cc1Cl. The number of carboxylic acid groups (broad SMARTS) is 1. The van der Waals surface area contributed by atoms with Crippen molar-refractivity contribution in [2.24, 2.45) is 5.92 Å². The largest absolute Gasteiger partial charge is 0.481 e. The van der Waals surface area contributed by atoms with Crippen molar-refractivity contribution in [3.63, 3.8) is 0 Å². The lowest BCUT2D eigenvalue weighted by atomic mass is 9.98. The van der Waals surface area contributed by atoms with Crippen LogP contribution in [-0.2, 0) is 9.59 Å². The van der Waals surface area contributed by atoms with E-state index >= 15 is 0 Å². The summed E-state index contributed by atoms with van der Waals surface area (Å²) in [6, 6.07) is 5.24. The highest BCUT2D eigenvalue weighted by Gasteiger charge is 2.42. The number of amides is 1. The lowest BCUT2D eigenvalue weighted by Crippen LogP contribution is -2.56. The van der Waals surface area contributed by atoms with Gasteiger partial charge in [0.25, 0.3) is 0 Å². The summed E-state index contributed by atoms with van der Waals surface area (Å²) < 4.78 is 0. The van der Waals surface area contributed by atoms with E-state index in [-0.39, 0.29) is 12.5 Å². The number of β-lactam (4-membered cyclic amide) rings is 1. The van der Waals surface area contributed by atoms with Crippen molar-refractivity contribution in [1.82, 2.24) is 0 Å². The summed E-state index contributed by atoms with van der Waals surface area (Å²) in [5, 5.41) is 9.27. The Morgan fingerprint density at radius 1 is 1.56 bits per heavy atom. The molecule has 0 aromatic heterocycles. The minimum absolute atomic E-state index is 0.216. The summed E-state index contributed by atoms with van der Waals surface area (Å²) >= 11 is 5.93. The Morgan fingerprint density at radius 2 is 2.25 bits per heavy atom. The first-order chi connectivity index (χ1) is 7.50. The number of carbonyl (C=O) groups excluding carboxylic acids is 1. The molecular weight excluding hydrogens is 230 g/mol. The number of anilines is 1. The monoisotopic (exact) mass is 239 g/mol. The standard InChI is InChI=1S/C11H10ClNO3/c1-6-2-3-7(4-9(6)12)13-5-8(10(13)14)11(15)16/h2-4,8H,5H2,1H3,(H,15,16). The number of nitrogens with zero attached hydrogens (tertiary/aromatic N) is 1. The number of hydrogen-bond acceptors (Lipinski definition) is 2. The molecule has 84 valence electrons. The van der Waals surface area contributed by atoms with Gasteiger partial charge in [-0.1, -0.05) is 17.7 Å². The third-order valence-corrected chi connectivity index (χ3v) is 3.10. The van der Waals surface area contributed by atoms with Crippen molar-refractivity contribution in [1.29, 1.82) is 0 Å². The van der Waals surface area contributed by atoms with Gasteiger partial charge in [-0.15, -0.1) is 0 Å². The van der Waals surface area contributed by atoms with Crippen LogP contribution in [0.3, 0.4) is 0 Å². The first-order valence-electron chi connectivity index (χ1n) is 4.81. The second kappa shape index (κ2) is 3.79. The van der Waals surface area contributed by atoms with Gasteiger partial charge >= 0.3 is 5.97 Å². The van der Waals surface area contributed by atoms with Crippen LogP contribution in [0.5, 0.6) is 0 Å². The fourth-order valence-corrected chi connectivity index (χ4v) is 1.77. The number of carboxylic acids is 1. The summed E-state index contributed by atoms with van der Waals surface area (Å²) in [4.78, 5) is 23.5. The van der Waals surface area contributed by atoms with E-state index < -0.39 is 11.9 Å². The van der Waals surface area contributed by atoms with E-state index in [1.807, 2.05) is 6.92 Å². The summed E-state index contributed by atoms with van der Waals surface area (Å²) in [6.07, 6.45) is 0. The Labute approximate surface area is 97.4 Å². The minimum Gasteiger partial charge on any atom is -0.481 e. The molecule has 4 nitrogen and oxygen atoms in total. The van der Waals surface area contributed by atoms with Gasteiger partial charge in [0.15, 0.2) is 5.92 Å². The summed E-state index contributed by atoms with van der Waals surface area (Å²) in [5.41, 5.74) is 1.58. The molecule has 1 saturated heterocycles. The Kier molecular flexibility index (Phi) is 2.59. The van der Waals surface area contributed by atoms with E-state index in [1.165, 1.54) is 4.90 Å². The fourth-order valence-electron chi connectivity index (χ4n) is 1.59. The molecule has 0 radical (unpaired) electrons. The van der Waals surface area contributed by atoms with E-state index in [2.05, 4.69) is 0 Å². The molecule has 1 fully saturated rings. The van der Waals surface area contributed by atoms with Crippen molar-refractivity contribution in [3.05, 3.63) is 28.8 Å². The van der Waals surface area contributed by atoms with Gasteiger partial charge in [-0.2, -0.15) is 0 Å². The van der Waals surface area contributed by atoms with Gasteiger partial charge < -0.3 is 10.0 Å². The molecule has 1 aromatic carbocycles. The first kappa shape index (κ1) is 11.0. The molecule has 16 heavy (non-hydrogen) atoms. The predicted molar refractivity (Wildman–Crippen MR) is 59.7 cm³/mol. The highest BCUT2D eigenvalue weighted by Crippen LogP contribution is 2.29. The maximum absolute atomic E-state index is 11.5. The number of halogens is 1. The van der Waals surface area contributed by atoms with Gasteiger partial charge in [0.1, 0.15) is 0 Å². The third kappa shape index (κ3) is 1.65. The van der Waals surface area contributed by atoms with Crippen LogP contribution in [0.25, 0.3) is 0 Å². The van der Waals surface area contributed by atoms with Crippen molar-refractivity contribution in [3.8, 4) is 0 Å². The summed E-state index contributed by atoms with van der Waals surface area (Å²) in [7, 11) is 0. The molecule has 5 heteroatoms. The van der Waals surface area contributed by atoms with Crippen LogP contribution >= 0.6 is 11.6 Å². The van der Waals surface area contributed by atoms with Gasteiger partial charge in [-0.05, 0) is 24.6 Å². The minimum atomic E-state index is -1.07. The van der Waals surface area contributed by atoms with Gasteiger partial charge in [0.05, 0.1) is 0 Å². The molecular formula is C11H10ClNO3. The second-order valence-electron chi connectivity index (χ2n) is 3.77. The number of rotatable bonds is 2. The number of aliphatic carboxylic acids is 1. The molecule has 1 unspecified atom stereocenters. The molecule has 0 saturated carbocycles. The van der Waals surface area contributed by atoms with Crippen molar-refractivity contribution in [2.45, 2.75) is 6.92 Å². The third-order valence-electron chi connectivity index (χ3n) is 2.69. The zero-order chi connectivity index (χ0) is 11.9. The summed E-state index contributed by atoms with van der Waals surface area (Å²) in [6.45, 7) is 2.08. The average molecular weight is 240 g/mol. The Bertz CT molecular complexity index is 472. The lowest BCUT2D eigenvalue weighted by Gasteiger charge is -2.36. The molecule has 1 amide bonds. The second-order valence-corrected chi connectivity index (χ2v) is 4.18. The Balaban J connectivity index is 2.19. The summed E-state index contributed by atoms with van der Waals surface area (Å²) in [5.74, 6) is -2.35. The molecule has 1 heterocycles. The average Bonchev–Trinajstić information content (AvgIpc) is 2.20. The smallest absolute Gasteiger partial charge is 0.317 e. The zero-order valence-electron chi connectivity index (χ0n) is 8.61. The molecule has 0 spiro atoms. The maximum Gasteiger partial charge on any atom is 0.317 e. The van der Waals surface area contributed by atoms with Crippen LogP contribution in [0.1, 0.15) is 5.56 Å². The maximum atomic E-state index is 11.5. The predicted octanol–water partition coefficient (Wildman–Crippen LogP) is 1.70. The molecule has 1 N–H and O–H groups in total. The van der Waals surface area contributed by atoms with E-state index in [4.69, 9.17) is 16.7 Å². The van der Waals surface area contributed by atoms with Gasteiger partial charge in [0.2, 0.25) is 5.91 Å². The normalized spacial score (nSPS) is 19.5. The molecule has 2 rings (SSSR count). The van der Waals surface area contributed by atoms with Crippen molar-refractivity contribution < 1.29 is 14.7 Å². The van der Waals surface area contributed by atoms with E-state index in [0.717, 1.165) is 5.56 Å². The molecule has 1 aliphatic rings. The van der Waals surface area contributed by atoms with Crippen LogP contribution in [0, 0.1) is 12.8 Å². The van der Waals surface area contributed by atoms with Crippen LogP contribution in [0.4, 0.5) is 5.69 Å². The van der Waals surface area contributed by atoms with Crippen LogP contribution in [-0.4, -0.2) is 23.5 Å². The van der Waals surface area contributed by atoms with Gasteiger partial charge in [-0.3, -0.25) is 9.59 Å². The fraction of sp³-hybridized carbons (Fsp3) is 0.273. The van der Waals surface area contributed by atoms with Crippen molar-refractivity contribution >= 4 is 29.2 Å². The quantitative estimate of drug-likeness (QED) is 0.631. The van der Waals surface area contributed by atoms with E-state index in [9.17, 15) is 9.59 Å². The van der Waals surface area contributed by atoms with Crippen molar-refractivity contribution in [2.75, 3.05) is 11.4 Å². The molecule has 0 bridgehead atoms. The van der Waals surface area contributed by atoms with E-state index in [1.54, 1.807) is 18.2 Å². The molecule has 0 aliphatic carbocycles. The number of aryl methyl sites for hydroxylation is 1. The van der Waals surface area contributed by atoms with E-state index in [0.29, 0.717) is 10.7 Å². The van der Waals surface area contributed by atoms with Gasteiger partial charge in [0, 0.05) is 17.3 Å². The van der Waals surface area contributed by atoms with Crippen LogP contribution < -0.4 is 4.90 Å². The topological polar surface area (TPSA) is 57.6 Å². The van der Waals surface area contributed by atoms with Gasteiger partial charge in [-0.25, -0.2) is 0 Å². The van der Waals surface area contributed by atoms with Crippen LogP contribution in [0.15, 0.2) is 18.2 Å². The highest BCUT2D eigenvalue weighted by molar-refractivity contribution is 6.31. The Hall–Kier alpha value is -1.55. The lowest BCUT2D eigenvalue weighted by molar-refractivity contribution is -0.149. The first-order valence-corrected chi connectivity index (χ1v) is 5.19. The number of benzene rings is 1. The number of carbonyl (C=O) groups is 2. The molecule has 1 atom stereocenters. The van der Waals surface area contributed by atoms with Crippen LogP contribution in [0.2, 0.25) is 5.02 Å². The molecule has 1 aliphatic heterocycles. The molecule has 1 aromatic rings.